The predicted molar refractivity (Wildman–Crippen MR) is 70.4 cm³/mol. The van der Waals surface area contributed by atoms with Gasteiger partial charge in [0.05, 0.1) is 23.1 Å². The van der Waals surface area contributed by atoms with E-state index in [1.807, 2.05) is 0 Å². The number of aromatic amines is 1. The van der Waals surface area contributed by atoms with Gasteiger partial charge in [0.1, 0.15) is 12.1 Å². The summed E-state index contributed by atoms with van der Waals surface area (Å²) >= 11 is 0. The van der Waals surface area contributed by atoms with Crippen molar-refractivity contribution in [3.05, 3.63) is 47.8 Å². The molecule has 1 aromatic carbocycles. The van der Waals surface area contributed by atoms with Gasteiger partial charge in [-0.25, -0.2) is 9.07 Å². The number of benzene rings is 1. The maximum absolute atomic E-state index is 13.8. The number of nitrogens with zero attached hydrogens (tertiary/aromatic N) is 5. The average Bonchev–Trinajstić information content (AvgIpc) is 3.12. The van der Waals surface area contributed by atoms with Gasteiger partial charge in [-0.3, -0.25) is 9.89 Å². The zero-order chi connectivity index (χ0) is 14.8. The van der Waals surface area contributed by atoms with Gasteiger partial charge in [0.2, 0.25) is 0 Å². The Morgan fingerprint density at radius 2 is 2.29 bits per heavy atom. The van der Waals surface area contributed by atoms with E-state index in [0.29, 0.717) is 16.9 Å². The summed E-state index contributed by atoms with van der Waals surface area (Å²) in [5.41, 5.74) is 1.51. The molecule has 0 saturated carbocycles. The van der Waals surface area contributed by atoms with Crippen LogP contribution < -0.4 is 5.32 Å². The molecule has 3 rings (SSSR count). The number of tetrazole rings is 1. The molecule has 9 heteroatoms. The molecule has 2 heterocycles. The number of carbonyl (C=O) groups excluding carboxylic acids is 1. The third-order valence-corrected chi connectivity index (χ3v) is 2.89. The van der Waals surface area contributed by atoms with Gasteiger partial charge in [-0.15, -0.1) is 5.10 Å². The molecule has 2 N–H and O–H groups in total. The number of anilines is 1. The van der Waals surface area contributed by atoms with Crippen molar-refractivity contribution in [1.29, 1.82) is 0 Å². The fourth-order valence-corrected chi connectivity index (χ4v) is 1.80. The van der Waals surface area contributed by atoms with Gasteiger partial charge in [-0.2, -0.15) is 5.10 Å². The molecular formula is C12H10FN7O. The van der Waals surface area contributed by atoms with Gasteiger partial charge >= 0.3 is 0 Å². The Morgan fingerprint density at radius 3 is 2.95 bits per heavy atom. The topological polar surface area (TPSA) is 101 Å². The van der Waals surface area contributed by atoms with Crippen LogP contribution in [0.1, 0.15) is 16.1 Å². The first-order valence-corrected chi connectivity index (χ1v) is 5.99. The summed E-state index contributed by atoms with van der Waals surface area (Å²) in [6, 6.07) is 4.18. The van der Waals surface area contributed by atoms with E-state index in [-0.39, 0.29) is 5.69 Å². The molecule has 8 nitrogen and oxygen atoms in total. The van der Waals surface area contributed by atoms with E-state index in [2.05, 4.69) is 31.0 Å². The molecule has 0 atom stereocenters. The lowest BCUT2D eigenvalue weighted by molar-refractivity contribution is 0.102. The zero-order valence-electron chi connectivity index (χ0n) is 10.9. The SMILES string of the molecule is Cc1[nH]ncc1C(=O)Nc1cc(-n2cnnn2)ccc1F. The fourth-order valence-electron chi connectivity index (χ4n) is 1.80. The molecule has 0 radical (unpaired) electrons. The summed E-state index contributed by atoms with van der Waals surface area (Å²) in [5.74, 6) is -1.00. The van der Waals surface area contributed by atoms with Crippen LogP contribution in [0.15, 0.2) is 30.7 Å². The second-order valence-electron chi connectivity index (χ2n) is 4.28. The van der Waals surface area contributed by atoms with Crippen molar-refractivity contribution >= 4 is 11.6 Å². The minimum atomic E-state index is -0.554. The molecule has 21 heavy (non-hydrogen) atoms. The minimum absolute atomic E-state index is 0.0357. The van der Waals surface area contributed by atoms with Crippen molar-refractivity contribution in [3.8, 4) is 5.69 Å². The average molecular weight is 287 g/mol. The highest BCUT2D eigenvalue weighted by molar-refractivity contribution is 6.05. The Hall–Kier alpha value is -3.10. The first kappa shape index (κ1) is 12.9. The molecule has 0 unspecified atom stereocenters. The van der Waals surface area contributed by atoms with E-state index in [9.17, 15) is 9.18 Å². The highest BCUT2D eigenvalue weighted by Gasteiger charge is 2.14. The summed E-state index contributed by atoms with van der Waals surface area (Å²) in [5, 5.41) is 19.6. The molecule has 0 spiro atoms. The van der Waals surface area contributed by atoms with E-state index < -0.39 is 11.7 Å². The third kappa shape index (κ3) is 2.48. The van der Waals surface area contributed by atoms with Crippen molar-refractivity contribution in [2.45, 2.75) is 6.92 Å². The lowest BCUT2D eigenvalue weighted by Crippen LogP contribution is -2.14. The number of aryl methyl sites for hydroxylation is 1. The number of carbonyl (C=O) groups is 1. The second kappa shape index (κ2) is 5.12. The number of amides is 1. The molecule has 0 fully saturated rings. The predicted octanol–water partition coefficient (Wildman–Crippen LogP) is 1.09. The van der Waals surface area contributed by atoms with Crippen LogP contribution in [-0.2, 0) is 0 Å². The second-order valence-corrected chi connectivity index (χ2v) is 4.28. The van der Waals surface area contributed by atoms with E-state index >= 15 is 0 Å². The highest BCUT2D eigenvalue weighted by Crippen LogP contribution is 2.19. The van der Waals surface area contributed by atoms with E-state index in [0.717, 1.165) is 0 Å². The van der Waals surface area contributed by atoms with Gasteiger partial charge < -0.3 is 5.32 Å². The van der Waals surface area contributed by atoms with E-state index in [1.54, 1.807) is 6.92 Å². The van der Waals surface area contributed by atoms with Crippen molar-refractivity contribution < 1.29 is 9.18 Å². The quantitative estimate of drug-likeness (QED) is 0.750. The Bertz CT molecular complexity index is 781. The Balaban J connectivity index is 1.90. The maximum atomic E-state index is 13.8. The maximum Gasteiger partial charge on any atom is 0.259 e. The summed E-state index contributed by atoms with van der Waals surface area (Å²) in [7, 11) is 0. The van der Waals surface area contributed by atoms with Gasteiger partial charge in [-0.1, -0.05) is 0 Å². The molecule has 1 amide bonds. The zero-order valence-corrected chi connectivity index (χ0v) is 10.9. The molecule has 2 aromatic heterocycles. The summed E-state index contributed by atoms with van der Waals surface area (Å²) in [4.78, 5) is 12.1. The van der Waals surface area contributed by atoms with E-state index in [4.69, 9.17) is 0 Å². The molecule has 3 aromatic rings. The van der Waals surface area contributed by atoms with Crippen LogP contribution in [0.25, 0.3) is 5.69 Å². The molecule has 0 aliphatic carbocycles. The van der Waals surface area contributed by atoms with Crippen LogP contribution in [0.4, 0.5) is 10.1 Å². The number of hydrogen-bond acceptors (Lipinski definition) is 5. The van der Waals surface area contributed by atoms with Crippen molar-refractivity contribution in [1.82, 2.24) is 30.4 Å². The molecule has 0 saturated heterocycles. The smallest absolute Gasteiger partial charge is 0.259 e. The van der Waals surface area contributed by atoms with Crippen LogP contribution >= 0.6 is 0 Å². The number of H-pyrrole nitrogens is 1. The molecular weight excluding hydrogens is 277 g/mol. The summed E-state index contributed by atoms with van der Waals surface area (Å²) in [6.07, 6.45) is 2.76. The lowest BCUT2D eigenvalue weighted by Gasteiger charge is -2.08. The number of nitrogens with one attached hydrogen (secondary N) is 2. The van der Waals surface area contributed by atoms with Crippen LogP contribution in [0.3, 0.4) is 0 Å². The Morgan fingerprint density at radius 1 is 1.43 bits per heavy atom. The Labute approximate surface area is 118 Å². The normalized spacial score (nSPS) is 10.6. The molecule has 0 aliphatic rings. The molecule has 106 valence electrons. The monoisotopic (exact) mass is 287 g/mol. The number of aromatic nitrogens is 6. The van der Waals surface area contributed by atoms with Crippen LogP contribution in [-0.4, -0.2) is 36.3 Å². The largest absolute Gasteiger partial charge is 0.319 e. The number of rotatable bonds is 3. The van der Waals surface area contributed by atoms with Gasteiger partial charge in [0, 0.05) is 5.69 Å². The van der Waals surface area contributed by atoms with Crippen LogP contribution in [0, 0.1) is 12.7 Å². The molecule has 0 bridgehead atoms. The number of hydrogen-bond donors (Lipinski definition) is 2. The third-order valence-electron chi connectivity index (χ3n) is 2.89. The number of halogens is 1. The fraction of sp³-hybridized carbons (Fsp3) is 0.0833. The van der Waals surface area contributed by atoms with E-state index in [1.165, 1.54) is 35.4 Å². The van der Waals surface area contributed by atoms with Crippen molar-refractivity contribution in [2.75, 3.05) is 5.32 Å². The van der Waals surface area contributed by atoms with Gasteiger partial charge in [-0.05, 0) is 35.5 Å². The summed E-state index contributed by atoms with van der Waals surface area (Å²) in [6.45, 7) is 1.70. The standard InChI is InChI=1S/C12H10FN7O/c1-7-9(5-14-17-7)12(21)16-11-4-8(2-3-10(11)13)20-6-15-18-19-20/h2-6H,1H3,(H,14,17)(H,16,21). The first-order valence-electron chi connectivity index (χ1n) is 5.99. The highest BCUT2D eigenvalue weighted by atomic mass is 19.1. The minimum Gasteiger partial charge on any atom is -0.319 e. The van der Waals surface area contributed by atoms with Crippen LogP contribution in [0.2, 0.25) is 0 Å². The summed E-state index contributed by atoms with van der Waals surface area (Å²) < 4.78 is 15.2. The molecule has 0 aliphatic heterocycles. The van der Waals surface area contributed by atoms with Crippen molar-refractivity contribution in [2.24, 2.45) is 0 Å². The first-order chi connectivity index (χ1) is 10.1. The van der Waals surface area contributed by atoms with Gasteiger partial charge in [0.15, 0.2) is 0 Å². The van der Waals surface area contributed by atoms with Gasteiger partial charge in [0.25, 0.3) is 5.91 Å². The Kier molecular flexibility index (Phi) is 3.14. The van der Waals surface area contributed by atoms with Crippen molar-refractivity contribution in [3.63, 3.8) is 0 Å². The lowest BCUT2D eigenvalue weighted by atomic mass is 10.2. The van der Waals surface area contributed by atoms with Crippen LogP contribution in [0.5, 0.6) is 0 Å².